The molecule has 1 saturated heterocycles. The van der Waals surface area contributed by atoms with Gasteiger partial charge < -0.3 is 10.2 Å². The van der Waals surface area contributed by atoms with Crippen molar-refractivity contribution in [3.63, 3.8) is 0 Å². The Balaban J connectivity index is 2.18. The maximum atomic E-state index is 12.1. The number of anilines is 1. The summed E-state index contributed by atoms with van der Waals surface area (Å²) in [6.07, 6.45) is 2.32. The average Bonchev–Trinajstić information content (AvgIpc) is 2.38. The Morgan fingerprint density at radius 2 is 2.00 bits per heavy atom. The minimum Gasteiger partial charge on any atom is -0.349 e. The van der Waals surface area contributed by atoms with Crippen LogP contribution in [0, 0.1) is 12.8 Å². The molecule has 0 spiro atoms. The second kappa shape index (κ2) is 6.20. The zero-order valence-corrected chi connectivity index (χ0v) is 12.8. The number of piperidine rings is 1. The number of nitrogens with one attached hydrogen (secondary N) is 1. The molecule has 0 aliphatic carbocycles. The summed E-state index contributed by atoms with van der Waals surface area (Å²) >= 11 is 0. The third kappa shape index (κ3) is 3.68. The maximum Gasteiger partial charge on any atom is 0.270 e. The Labute approximate surface area is 120 Å². The van der Waals surface area contributed by atoms with E-state index >= 15 is 0 Å². The van der Waals surface area contributed by atoms with Gasteiger partial charge in [0.1, 0.15) is 5.69 Å². The smallest absolute Gasteiger partial charge is 0.270 e. The van der Waals surface area contributed by atoms with Crippen molar-refractivity contribution < 1.29 is 4.79 Å². The highest BCUT2D eigenvalue weighted by Gasteiger charge is 2.20. The summed E-state index contributed by atoms with van der Waals surface area (Å²) in [5, 5.41) is 2.88. The summed E-state index contributed by atoms with van der Waals surface area (Å²) in [7, 11) is 0. The molecule has 1 aliphatic rings. The molecule has 1 amide bonds. The fraction of sp³-hybridized carbons (Fsp3) is 0.667. The molecule has 0 aromatic carbocycles. The van der Waals surface area contributed by atoms with Crippen molar-refractivity contribution in [1.29, 1.82) is 0 Å². The maximum absolute atomic E-state index is 12.1. The highest BCUT2D eigenvalue weighted by molar-refractivity contribution is 5.92. The molecule has 1 aromatic rings. The Morgan fingerprint density at radius 1 is 1.35 bits per heavy atom. The molecule has 2 heterocycles. The van der Waals surface area contributed by atoms with Crippen LogP contribution >= 0.6 is 0 Å². The zero-order chi connectivity index (χ0) is 14.7. The van der Waals surface area contributed by atoms with Crippen LogP contribution in [0.2, 0.25) is 0 Å². The van der Waals surface area contributed by atoms with Gasteiger partial charge >= 0.3 is 0 Å². The standard InChI is InChI=1S/C15H24N4O/c1-10(2)16-14(20)13-9-12(4)17-15(18-13)19-7-5-11(3)6-8-19/h9-11H,5-8H2,1-4H3,(H,16,20). The molecule has 0 radical (unpaired) electrons. The van der Waals surface area contributed by atoms with E-state index in [1.54, 1.807) is 6.07 Å². The number of hydrogen-bond donors (Lipinski definition) is 1. The summed E-state index contributed by atoms with van der Waals surface area (Å²) in [5.74, 6) is 1.32. The number of aromatic nitrogens is 2. The van der Waals surface area contributed by atoms with Crippen LogP contribution in [0.4, 0.5) is 5.95 Å². The molecule has 2 rings (SSSR count). The van der Waals surface area contributed by atoms with E-state index in [2.05, 4.69) is 27.1 Å². The van der Waals surface area contributed by atoms with E-state index in [9.17, 15) is 4.79 Å². The van der Waals surface area contributed by atoms with Gasteiger partial charge in [0, 0.05) is 24.8 Å². The minimum absolute atomic E-state index is 0.108. The molecule has 1 aromatic heterocycles. The van der Waals surface area contributed by atoms with Crippen molar-refractivity contribution in [2.75, 3.05) is 18.0 Å². The SMILES string of the molecule is Cc1cc(C(=O)NC(C)C)nc(N2CCC(C)CC2)n1. The molecule has 5 nitrogen and oxygen atoms in total. The number of nitrogens with zero attached hydrogens (tertiary/aromatic N) is 3. The van der Waals surface area contributed by atoms with Crippen molar-refractivity contribution in [2.24, 2.45) is 5.92 Å². The molecule has 1 aliphatic heterocycles. The van der Waals surface area contributed by atoms with Crippen molar-refractivity contribution >= 4 is 11.9 Å². The third-order valence-electron chi connectivity index (χ3n) is 3.56. The molecule has 0 unspecified atom stereocenters. The Kier molecular flexibility index (Phi) is 4.57. The molecule has 110 valence electrons. The van der Waals surface area contributed by atoms with Crippen molar-refractivity contribution in [3.8, 4) is 0 Å². The highest BCUT2D eigenvalue weighted by Crippen LogP contribution is 2.20. The molecule has 1 fully saturated rings. The van der Waals surface area contributed by atoms with Crippen LogP contribution in [-0.4, -0.2) is 35.0 Å². The van der Waals surface area contributed by atoms with E-state index in [0.29, 0.717) is 11.6 Å². The summed E-state index contributed by atoms with van der Waals surface area (Å²) in [4.78, 5) is 23.2. The molecule has 20 heavy (non-hydrogen) atoms. The predicted octanol–water partition coefficient (Wildman–Crippen LogP) is 2.16. The highest BCUT2D eigenvalue weighted by atomic mass is 16.1. The number of carbonyl (C=O) groups is 1. The quantitative estimate of drug-likeness (QED) is 0.919. The Hall–Kier alpha value is -1.65. The molecule has 5 heteroatoms. The fourth-order valence-electron chi connectivity index (χ4n) is 2.36. The molecule has 0 bridgehead atoms. The van der Waals surface area contributed by atoms with Crippen LogP contribution in [-0.2, 0) is 0 Å². The van der Waals surface area contributed by atoms with Gasteiger partial charge in [-0.3, -0.25) is 4.79 Å². The van der Waals surface area contributed by atoms with Crippen LogP contribution in [0.15, 0.2) is 6.07 Å². The van der Waals surface area contributed by atoms with Gasteiger partial charge in [0.05, 0.1) is 0 Å². The van der Waals surface area contributed by atoms with Crippen molar-refractivity contribution in [3.05, 3.63) is 17.5 Å². The zero-order valence-electron chi connectivity index (χ0n) is 12.8. The van der Waals surface area contributed by atoms with Gasteiger partial charge in [0.25, 0.3) is 5.91 Å². The number of aryl methyl sites for hydroxylation is 1. The first-order valence-electron chi connectivity index (χ1n) is 7.37. The van der Waals surface area contributed by atoms with Gasteiger partial charge in [-0.05, 0) is 45.6 Å². The van der Waals surface area contributed by atoms with E-state index in [1.165, 1.54) is 0 Å². The second-order valence-electron chi connectivity index (χ2n) is 5.99. The van der Waals surface area contributed by atoms with Gasteiger partial charge in [-0.25, -0.2) is 9.97 Å². The van der Waals surface area contributed by atoms with Gasteiger partial charge in [-0.2, -0.15) is 0 Å². The molecular weight excluding hydrogens is 252 g/mol. The summed E-state index contributed by atoms with van der Waals surface area (Å²) < 4.78 is 0. The van der Waals surface area contributed by atoms with E-state index < -0.39 is 0 Å². The summed E-state index contributed by atoms with van der Waals surface area (Å²) in [5.41, 5.74) is 1.29. The van der Waals surface area contributed by atoms with Crippen LogP contribution in [0.3, 0.4) is 0 Å². The van der Waals surface area contributed by atoms with Gasteiger partial charge in [0.15, 0.2) is 0 Å². The van der Waals surface area contributed by atoms with Crippen LogP contribution in [0.1, 0.15) is 49.8 Å². The number of rotatable bonds is 3. The lowest BCUT2D eigenvalue weighted by Gasteiger charge is -2.30. The number of amides is 1. The lowest BCUT2D eigenvalue weighted by atomic mass is 10.00. The van der Waals surface area contributed by atoms with Gasteiger partial charge in [-0.15, -0.1) is 0 Å². The molecule has 0 saturated carbocycles. The topological polar surface area (TPSA) is 58.1 Å². The monoisotopic (exact) mass is 276 g/mol. The average molecular weight is 276 g/mol. The third-order valence-corrected chi connectivity index (χ3v) is 3.56. The molecule has 1 N–H and O–H groups in total. The predicted molar refractivity (Wildman–Crippen MR) is 80.0 cm³/mol. The van der Waals surface area contributed by atoms with Crippen molar-refractivity contribution in [1.82, 2.24) is 15.3 Å². The lowest BCUT2D eigenvalue weighted by Crippen LogP contribution is -2.35. The minimum atomic E-state index is -0.128. The molecule has 0 atom stereocenters. The Morgan fingerprint density at radius 3 is 2.60 bits per heavy atom. The summed E-state index contributed by atoms with van der Waals surface area (Å²) in [6, 6.07) is 1.85. The van der Waals surface area contributed by atoms with E-state index in [0.717, 1.165) is 37.5 Å². The second-order valence-corrected chi connectivity index (χ2v) is 5.99. The molecular formula is C15H24N4O. The first-order valence-corrected chi connectivity index (χ1v) is 7.37. The van der Waals surface area contributed by atoms with E-state index in [4.69, 9.17) is 0 Å². The van der Waals surface area contributed by atoms with Gasteiger partial charge in [0.2, 0.25) is 5.95 Å². The fourth-order valence-corrected chi connectivity index (χ4v) is 2.36. The lowest BCUT2D eigenvalue weighted by molar-refractivity contribution is 0.0938. The van der Waals surface area contributed by atoms with E-state index in [1.807, 2.05) is 20.8 Å². The van der Waals surface area contributed by atoms with Crippen LogP contribution in [0.25, 0.3) is 0 Å². The first kappa shape index (κ1) is 14.8. The number of hydrogen-bond acceptors (Lipinski definition) is 4. The number of carbonyl (C=O) groups excluding carboxylic acids is 1. The van der Waals surface area contributed by atoms with Crippen LogP contribution in [0.5, 0.6) is 0 Å². The van der Waals surface area contributed by atoms with E-state index in [-0.39, 0.29) is 11.9 Å². The first-order chi connectivity index (χ1) is 9.45. The summed E-state index contributed by atoms with van der Waals surface area (Å²) in [6.45, 7) is 10.0. The van der Waals surface area contributed by atoms with Crippen LogP contribution < -0.4 is 10.2 Å². The van der Waals surface area contributed by atoms with Crippen molar-refractivity contribution in [2.45, 2.75) is 46.6 Å². The Bertz CT molecular complexity index is 479. The normalized spacial score (nSPS) is 16.6. The largest absolute Gasteiger partial charge is 0.349 e. The van der Waals surface area contributed by atoms with Gasteiger partial charge in [-0.1, -0.05) is 6.92 Å².